The van der Waals surface area contributed by atoms with Crippen molar-refractivity contribution >= 4 is 12.8 Å². The van der Waals surface area contributed by atoms with E-state index in [0.29, 0.717) is 13.0 Å². The van der Waals surface area contributed by atoms with E-state index >= 15 is 0 Å². The lowest BCUT2D eigenvalue weighted by molar-refractivity contribution is -0.107. The maximum absolute atomic E-state index is 9.63. The average molecular weight is 207 g/mol. The van der Waals surface area contributed by atoms with Gasteiger partial charge in [-0.15, -0.1) is 0 Å². The molecule has 1 radical (unpaired) electrons. The highest BCUT2D eigenvalue weighted by Gasteiger charge is 1.88. The van der Waals surface area contributed by atoms with Crippen LogP contribution in [0.2, 0.25) is 0 Å². The largest absolute Gasteiger partial charge is 0.452 e. The van der Waals surface area contributed by atoms with E-state index in [1.165, 1.54) is 6.47 Å². The van der Waals surface area contributed by atoms with Crippen LogP contribution >= 0.6 is 0 Å². The van der Waals surface area contributed by atoms with Crippen molar-refractivity contribution in [2.75, 3.05) is 0 Å². The van der Waals surface area contributed by atoms with Crippen LogP contribution in [0, 0.1) is 0 Å². The Morgan fingerprint density at radius 3 is 2.40 bits per heavy atom. The number of hydrogen-bond acceptors (Lipinski definition) is 3. The maximum atomic E-state index is 9.63. The molecule has 3 heteroatoms. The number of benzene rings is 1. The molecule has 0 saturated heterocycles. The summed E-state index contributed by atoms with van der Waals surface area (Å²) in [6.07, 6.45) is 2.61. The third kappa shape index (κ3) is 8.68. The van der Waals surface area contributed by atoms with Crippen molar-refractivity contribution in [3.63, 3.8) is 0 Å². The van der Waals surface area contributed by atoms with Gasteiger partial charge in [0, 0.05) is 6.42 Å². The highest BCUT2D eigenvalue weighted by molar-refractivity contribution is 5.48. The molecule has 1 aromatic carbocycles. The standard InChI is InChI=1S/C8H7O2.C4H8O/c9-7-10-6-8-4-2-1-3-5-8;1-2-3-4-5/h1-5H,6H2;4H,2-3H2,1H3. The molecule has 0 amide bonds. The molecule has 1 rings (SSSR count). The number of hydrogen-bond donors (Lipinski definition) is 0. The van der Waals surface area contributed by atoms with Gasteiger partial charge < -0.3 is 9.53 Å². The van der Waals surface area contributed by atoms with E-state index in [9.17, 15) is 9.59 Å². The van der Waals surface area contributed by atoms with Crippen molar-refractivity contribution in [2.24, 2.45) is 0 Å². The lowest BCUT2D eigenvalue weighted by Gasteiger charge is -1.95. The average Bonchev–Trinajstić information content (AvgIpc) is 2.30. The molecule has 0 N–H and O–H groups in total. The van der Waals surface area contributed by atoms with Crippen LogP contribution in [-0.4, -0.2) is 12.8 Å². The van der Waals surface area contributed by atoms with Crippen LogP contribution in [0.4, 0.5) is 0 Å². The van der Waals surface area contributed by atoms with Gasteiger partial charge in [-0.2, -0.15) is 0 Å². The summed E-state index contributed by atoms with van der Waals surface area (Å²) in [6, 6.07) is 9.47. The van der Waals surface area contributed by atoms with Gasteiger partial charge in [-0.1, -0.05) is 37.3 Å². The molecule has 0 saturated carbocycles. The van der Waals surface area contributed by atoms with Crippen LogP contribution in [-0.2, 0) is 20.9 Å². The van der Waals surface area contributed by atoms with Crippen LogP contribution in [0.3, 0.4) is 0 Å². The lowest BCUT2D eigenvalue weighted by Crippen LogP contribution is -1.87. The molecule has 1 aromatic rings. The first-order valence-corrected chi connectivity index (χ1v) is 4.81. The Kier molecular flexibility index (Phi) is 9.30. The summed E-state index contributed by atoms with van der Waals surface area (Å²) in [5, 5.41) is 0. The first kappa shape index (κ1) is 13.4. The molecule has 0 aromatic heterocycles. The molecule has 15 heavy (non-hydrogen) atoms. The molecule has 0 spiro atoms. The molecule has 0 aliphatic rings. The van der Waals surface area contributed by atoms with Gasteiger partial charge in [0.25, 0.3) is 0 Å². The van der Waals surface area contributed by atoms with E-state index in [0.717, 1.165) is 18.3 Å². The minimum absolute atomic E-state index is 0.310. The molecule has 3 nitrogen and oxygen atoms in total. The number of aldehydes is 1. The summed E-state index contributed by atoms with van der Waals surface area (Å²) in [5.41, 5.74) is 0.978. The van der Waals surface area contributed by atoms with Crippen LogP contribution in [0.1, 0.15) is 25.3 Å². The van der Waals surface area contributed by atoms with Crippen molar-refractivity contribution in [1.29, 1.82) is 0 Å². The first-order valence-electron chi connectivity index (χ1n) is 4.81. The minimum atomic E-state index is 0.310. The van der Waals surface area contributed by atoms with Crippen LogP contribution in [0.15, 0.2) is 30.3 Å². The molecular weight excluding hydrogens is 192 g/mol. The van der Waals surface area contributed by atoms with E-state index in [1.54, 1.807) is 0 Å². The van der Waals surface area contributed by atoms with Crippen molar-refractivity contribution < 1.29 is 14.3 Å². The zero-order chi connectivity index (χ0) is 11.4. The second-order valence-electron chi connectivity index (χ2n) is 2.81. The highest BCUT2D eigenvalue weighted by Crippen LogP contribution is 1.98. The predicted octanol–water partition coefficient (Wildman–Crippen LogP) is 2.26. The number of ether oxygens (including phenoxy) is 1. The fraction of sp³-hybridized carbons (Fsp3) is 0.333. The van der Waals surface area contributed by atoms with Crippen molar-refractivity contribution in [1.82, 2.24) is 0 Å². The van der Waals surface area contributed by atoms with Gasteiger partial charge in [-0.3, -0.25) is 0 Å². The number of carbonyl (C=O) groups is 1. The zero-order valence-electron chi connectivity index (χ0n) is 8.81. The van der Waals surface area contributed by atoms with Gasteiger partial charge in [-0.25, -0.2) is 4.79 Å². The Labute approximate surface area is 90.1 Å². The molecule has 81 valence electrons. The molecular formula is C12H15O3. The molecule has 0 bridgehead atoms. The van der Waals surface area contributed by atoms with E-state index in [4.69, 9.17) is 0 Å². The summed E-state index contributed by atoms with van der Waals surface area (Å²) >= 11 is 0. The van der Waals surface area contributed by atoms with Gasteiger partial charge >= 0.3 is 6.47 Å². The summed E-state index contributed by atoms with van der Waals surface area (Å²) in [7, 11) is 0. The van der Waals surface area contributed by atoms with E-state index in [1.807, 2.05) is 37.3 Å². The fourth-order valence-corrected chi connectivity index (χ4v) is 0.805. The fourth-order valence-electron chi connectivity index (χ4n) is 0.805. The van der Waals surface area contributed by atoms with Gasteiger partial charge in [0.05, 0.1) is 0 Å². The third-order valence-corrected chi connectivity index (χ3v) is 1.55. The number of unbranched alkanes of at least 4 members (excludes halogenated alkanes) is 1. The van der Waals surface area contributed by atoms with Crippen molar-refractivity contribution in [3.05, 3.63) is 35.9 Å². The SMILES string of the molecule is CCCC=O.O=[C]OCc1ccccc1. The molecule has 0 aliphatic heterocycles. The molecule has 0 unspecified atom stereocenters. The second-order valence-corrected chi connectivity index (χ2v) is 2.81. The van der Waals surface area contributed by atoms with Gasteiger partial charge in [0.2, 0.25) is 0 Å². The smallest absolute Gasteiger partial charge is 0.417 e. The van der Waals surface area contributed by atoms with E-state index in [-0.39, 0.29) is 0 Å². The summed E-state index contributed by atoms with van der Waals surface area (Å²) < 4.78 is 4.41. The minimum Gasteiger partial charge on any atom is -0.452 e. The Morgan fingerprint density at radius 2 is 2.00 bits per heavy atom. The lowest BCUT2D eigenvalue weighted by atomic mass is 10.2. The van der Waals surface area contributed by atoms with Crippen LogP contribution in [0.5, 0.6) is 0 Å². The van der Waals surface area contributed by atoms with E-state index < -0.39 is 0 Å². The number of carbonyl (C=O) groups excluding carboxylic acids is 2. The first-order chi connectivity index (χ1) is 7.35. The Balaban J connectivity index is 0.000000336. The maximum Gasteiger partial charge on any atom is 0.417 e. The van der Waals surface area contributed by atoms with Crippen molar-refractivity contribution in [3.8, 4) is 0 Å². The Bertz CT molecular complexity index is 257. The molecule has 0 heterocycles. The summed E-state index contributed by atoms with van der Waals surface area (Å²) in [4.78, 5) is 19.0. The predicted molar refractivity (Wildman–Crippen MR) is 57.9 cm³/mol. The third-order valence-electron chi connectivity index (χ3n) is 1.55. The Hall–Kier alpha value is -1.64. The Morgan fingerprint density at radius 1 is 1.33 bits per heavy atom. The van der Waals surface area contributed by atoms with Gasteiger partial charge in [0.1, 0.15) is 12.9 Å². The van der Waals surface area contributed by atoms with Crippen LogP contribution in [0.25, 0.3) is 0 Å². The van der Waals surface area contributed by atoms with E-state index in [2.05, 4.69) is 4.74 Å². The van der Waals surface area contributed by atoms with Gasteiger partial charge in [-0.05, 0) is 12.0 Å². The van der Waals surface area contributed by atoms with Crippen molar-refractivity contribution in [2.45, 2.75) is 26.4 Å². The number of rotatable bonds is 5. The molecule has 0 fully saturated rings. The summed E-state index contributed by atoms with van der Waals surface area (Å²) in [5.74, 6) is 0. The second kappa shape index (κ2) is 10.4. The zero-order valence-corrected chi connectivity index (χ0v) is 8.81. The van der Waals surface area contributed by atoms with Crippen LogP contribution < -0.4 is 0 Å². The molecule has 0 aliphatic carbocycles. The quantitative estimate of drug-likeness (QED) is 0.695. The molecule has 0 atom stereocenters. The monoisotopic (exact) mass is 207 g/mol. The highest BCUT2D eigenvalue weighted by atomic mass is 16.5. The topological polar surface area (TPSA) is 43.4 Å². The van der Waals surface area contributed by atoms with Gasteiger partial charge in [0.15, 0.2) is 0 Å². The summed E-state index contributed by atoms with van der Waals surface area (Å²) in [6.45, 7) is 3.66. The normalized spacial score (nSPS) is 8.33.